The number of allylic oxidation sites excluding steroid dienone is 5. The van der Waals surface area contributed by atoms with E-state index in [1.165, 1.54) is 18.5 Å². The Kier molecular flexibility index (Phi) is 4.33. The lowest BCUT2D eigenvalue weighted by Gasteiger charge is -2.04. The van der Waals surface area contributed by atoms with Gasteiger partial charge in [-0.25, -0.2) is 13.8 Å². The molecule has 0 saturated carbocycles. The molecule has 0 saturated heterocycles. The smallest absolute Gasteiger partial charge is 0.200 e. The molecule has 2 aromatic rings. The lowest BCUT2D eigenvalue weighted by atomic mass is 10.0. The minimum Gasteiger partial charge on any atom is -0.345 e. The van der Waals surface area contributed by atoms with Gasteiger partial charge in [-0.3, -0.25) is 4.79 Å². The Morgan fingerprint density at radius 2 is 2.19 bits per heavy atom. The summed E-state index contributed by atoms with van der Waals surface area (Å²) < 4.78 is 27.4. The number of carbonyl (C=O) groups excluding carboxylic acids is 1. The van der Waals surface area contributed by atoms with Crippen molar-refractivity contribution in [2.24, 2.45) is 0 Å². The number of carbonyl (C=O) groups is 1. The summed E-state index contributed by atoms with van der Waals surface area (Å²) >= 11 is 5.83. The molecular weight excluding hydrogens is 298 g/mol. The van der Waals surface area contributed by atoms with Crippen LogP contribution >= 0.6 is 11.6 Å². The number of aromatic amines is 1. The molecule has 0 amide bonds. The number of hydrogen-bond acceptors (Lipinski definition) is 2. The van der Waals surface area contributed by atoms with Crippen LogP contribution in [-0.4, -0.2) is 15.8 Å². The Balaban J connectivity index is 2.60. The third kappa shape index (κ3) is 2.92. The summed E-state index contributed by atoms with van der Waals surface area (Å²) in [5, 5.41) is 0.721. The highest BCUT2D eigenvalue weighted by Crippen LogP contribution is 2.27. The van der Waals surface area contributed by atoms with Gasteiger partial charge in [-0.15, -0.1) is 0 Å². The predicted molar refractivity (Wildman–Crippen MR) is 78.6 cm³/mol. The van der Waals surface area contributed by atoms with Gasteiger partial charge in [-0.2, -0.15) is 0 Å². The quantitative estimate of drug-likeness (QED) is 0.506. The van der Waals surface area contributed by atoms with Crippen LogP contribution in [0.3, 0.4) is 0 Å². The van der Waals surface area contributed by atoms with Crippen LogP contribution in [0.1, 0.15) is 17.3 Å². The van der Waals surface area contributed by atoms with E-state index < -0.39 is 23.0 Å². The first-order valence-electron chi connectivity index (χ1n) is 5.98. The van der Waals surface area contributed by atoms with E-state index in [0.29, 0.717) is 16.1 Å². The van der Waals surface area contributed by atoms with E-state index in [-0.39, 0.29) is 5.56 Å². The molecule has 0 bridgehead atoms. The maximum Gasteiger partial charge on any atom is 0.200 e. The molecule has 0 atom stereocenters. The summed E-state index contributed by atoms with van der Waals surface area (Å²) in [6.45, 7) is 4.34. The van der Waals surface area contributed by atoms with Crippen LogP contribution < -0.4 is 0 Å². The van der Waals surface area contributed by atoms with E-state index >= 15 is 0 Å². The van der Waals surface area contributed by atoms with Crippen molar-refractivity contribution in [2.75, 3.05) is 0 Å². The number of aromatic nitrogens is 2. The fraction of sp³-hybridized carbons (Fsp3) is 0.0667. The zero-order chi connectivity index (χ0) is 15.6. The van der Waals surface area contributed by atoms with Crippen molar-refractivity contribution < 1.29 is 13.6 Å². The van der Waals surface area contributed by atoms with E-state index in [1.807, 2.05) is 0 Å². The molecule has 21 heavy (non-hydrogen) atoms. The van der Waals surface area contributed by atoms with Crippen molar-refractivity contribution in [1.29, 1.82) is 0 Å². The van der Waals surface area contributed by atoms with Crippen LogP contribution in [-0.2, 0) is 0 Å². The second-order valence-corrected chi connectivity index (χ2v) is 4.68. The van der Waals surface area contributed by atoms with Crippen LogP contribution in [0.4, 0.5) is 8.78 Å². The van der Waals surface area contributed by atoms with E-state index in [4.69, 9.17) is 11.6 Å². The van der Waals surface area contributed by atoms with E-state index in [1.54, 1.807) is 0 Å². The Morgan fingerprint density at radius 3 is 2.81 bits per heavy atom. The number of ketones is 1. The van der Waals surface area contributed by atoms with Gasteiger partial charge in [0.1, 0.15) is 17.3 Å². The molecule has 0 aromatic carbocycles. The van der Waals surface area contributed by atoms with Crippen LogP contribution in [0.25, 0.3) is 11.0 Å². The Labute approximate surface area is 124 Å². The van der Waals surface area contributed by atoms with Crippen LogP contribution in [0, 0.1) is 0 Å². The van der Waals surface area contributed by atoms with Crippen LogP contribution in [0.5, 0.6) is 0 Å². The predicted octanol–water partition coefficient (Wildman–Crippen LogP) is 4.68. The van der Waals surface area contributed by atoms with Gasteiger partial charge in [-0.1, -0.05) is 24.3 Å². The summed E-state index contributed by atoms with van der Waals surface area (Å²) in [5.74, 6) is -2.69. The minimum absolute atomic E-state index is 0.0969. The number of Topliss-reactive ketones (excluding diaryl/α,β-unsaturated/α-hetero) is 1. The summed E-state index contributed by atoms with van der Waals surface area (Å²) in [6.07, 6.45) is 4.82. The summed E-state index contributed by atoms with van der Waals surface area (Å²) in [4.78, 5) is 19.1. The first kappa shape index (κ1) is 15.1. The van der Waals surface area contributed by atoms with Crippen molar-refractivity contribution in [3.05, 3.63) is 65.0 Å². The molecular formula is C15H11ClF2N2O. The number of nitrogens with one attached hydrogen (secondary N) is 1. The minimum atomic E-state index is -0.987. The van der Waals surface area contributed by atoms with E-state index in [2.05, 4.69) is 16.5 Å². The average Bonchev–Trinajstić information content (AvgIpc) is 2.81. The van der Waals surface area contributed by atoms with Crippen LogP contribution in [0.2, 0.25) is 5.02 Å². The number of fused-ring (bicyclic) bond motifs is 1. The lowest BCUT2D eigenvalue weighted by molar-refractivity contribution is 0.103. The zero-order valence-electron chi connectivity index (χ0n) is 11.1. The van der Waals surface area contributed by atoms with E-state index in [0.717, 1.165) is 19.1 Å². The van der Waals surface area contributed by atoms with Gasteiger partial charge in [0, 0.05) is 23.3 Å². The number of halogens is 3. The van der Waals surface area contributed by atoms with Crippen molar-refractivity contribution in [2.45, 2.75) is 6.92 Å². The van der Waals surface area contributed by atoms with Crippen LogP contribution in [0.15, 0.2) is 54.4 Å². The number of nitrogens with zero attached hydrogens (tertiary/aromatic N) is 1. The van der Waals surface area contributed by atoms with Crippen molar-refractivity contribution in [3.8, 4) is 0 Å². The van der Waals surface area contributed by atoms with Gasteiger partial charge >= 0.3 is 0 Å². The lowest BCUT2D eigenvalue weighted by Crippen LogP contribution is -2.05. The first-order valence-corrected chi connectivity index (χ1v) is 6.35. The third-order valence-corrected chi connectivity index (χ3v) is 3.02. The molecule has 0 spiro atoms. The van der Waals surface area contributed by atoms with Crippen molar-refractivity contribution in [1.82, 2.24) is 9.97 Å². The SMILES string of the molecule is C=C/C=C(F)\C(C(=O)c1c[nH]c2ncc(Cl)cc12)=C(/C)F. The zero-order valence-corrected chi connectivity index (χ0v) is 11.8. The molecule has 2 heterocycles. The molecule has 3 nitrogen and oxygen atoms in total. The number of rotatable bonds is 4. The molecule has 6 heteroatoms. The Morgan fingerprint density at radius 1 is 1.48 bits per heavy atom. The number of pyridine rings is 1. The fourth-order valence-corrected chi connectivity index (χ4v) is 2.07. The molecule has 0 radical (unpaired) electrons. The average molecular weight is 309 g/mol. The topological polar surface area (TPSA) is 45.8 Å². The normalized spacial score (nSPS) is 13.2. The second-order valence-electron chi connectivity index (χ2n) is 4.24. The third-order valence-electron chi connectivity index (χ3n) is 2.82. The van der Waals surface area contributed by atoms with Gasteiger partial charge in [0.05, 0.1) is 10.6 Å². The molecule has 1 N–H and O–H groups in total. The fourth-order valence-electron chi connectivity index (χ4n) is 1.92. The highest BCUT2D eigenvalue weighted by atomic mass is 35.5. The molecule has 0 fully saturated rings. The number of hydrogen-bond donors (Lipinski definition) is 1. The molecule has 108 valence electrons. The summed E-state index contributed by atoms with van der Waals surface area (Å²) in [7, 11) is 0. The largest absolute Gasteiger partial charge is 0.345 e. The maximum atomic E-state index is 13.9. The molecule has 0 aliphatic rings. The maximum absolute atomic E-state index is 13.9. The highest BCUT2D eigenvalue weighted by Gasteiger charge is 2.23. The monoisotopic (exact) mass is 308 g/mol. The van der Waals surface area contributed by atoms with E-state index in [9.17, 15) is 13.6 Å². The molecule has 0 aliphatic carbocycles. The van der Waals surface area contributed by atoms with Crippen molar-refractivity contribution >= 4 is 28.4 Å². The Bertz CT molecular complexity index is 786. The molecule has 0 aliphatic heterocycles. The Hall–Kier alpha value is -2.27. The van der Waals surface area contributed by atoms with Crippen molar-refractivity contribution in [3.63, 3.8) is 0 Å². The second kappa shape index (κ2) is 6.01. The standard InChI is InChI=1S/C15H11ClF2N2O/c1-3-4-12(18)13(8(2)17)14(21)11-7-20-15-10(11)5-9(16)6-19-15/h3-7H,1H2,2H3,(H,19,20)/b12-4+,13-8-. The number of H-pyrrole nitrogens is 1. The summed E-state index contributed by atoms with van der Waals surface area (Å²) in [6, 6.07) is 1.51. The van der Waals surface area contributed by atoms with Gasteiger partial charge in [0.15, 0.2) is 0 Å². The summed E-state index contributed by atoms with van der Waals surface area (Å²) in [5.41, 5.74) is -0.137. The highest BCUT2D eigenvalue weighted by molar-refractivity contribution is 6.31. The molecule has 0 unspecified atom stereocenters. The van der Waals surface area contributed by atoms with Gasteiger partial charge in [0.25, 0.3) is 0 Å². The van der Waals surface area contributed by atoms with Gasteiger partial charge in [0.2, 0.25) is 5.78 Å². The first-order chi connectivity index (χ1) is 9.95. The van der Waals surface area contributed by atoms with Gasteiger partial charge < -0.3 is 4.98 Å². The van der Waals surface area contributed by atoms with Gasteiger partial charge in [-0.05, 0) is 19.1 Å². The molecule has 2 aromatic heterocycles. The molecule has 2 rings (SSSR count).